The lowest BCUT2D eigenvalue weighted by molar-refractivity contribution is -0.178. The molecular formula is C14H19F3N2O2. The van der Waals surface area contributed by atoms with Gasteiger partial charge in [0.15, 0.2) is 0 Å². The van der Waals surface area contributed by atoms with Crippen LogP contribution < -0.4 is 5.73 Å². The predicted octanol–water partition coefficient (Wildman–Crippen LogP) is 2.58. The molecule has 118 valence electrons. The number of hydrogen-bond donors (Lipinski definition) is 1. The molecule has 0 saturated heterocycles. The molecule has 1 rings (SSSR count). The summed E-state index contributed by atoms with van der Waals surface area (Å²) in [6.07, 6.45) is -4.44. The van der Waals surface area contributed by atoms with Gasteiger partial charge in [0, 0.05) is 18.3 Å². The maximum Gasteiger partial charge on any atom is 0.411 e. The van der Waals surface area contributed by atoms with Crippen molar-refractivity contribution < 1.29 is 22.7 Å². The van der Waals surface area contributed by atoms with Crippen LogP contribution in [0.5, 0.6) is 0 Å². The van der Waals surface area contributed by atoms with Crippen molar-refractivity contribution >= 4 is 11.6 Å². The molecule has 1 aromatic rings. The second kappa shape index (κ2) is 7.31. The van der Waals surface area contributed by atoms with Gasteiger partial charge >= 0.3 is 6.18 Å². The lowest BCUT2D eigenvalue weighted by Gasteiger charge is -2.27. The maximum absolute atomic E-state index is 12.0. The van der Waals surface area contributed by atoms with Crippen molar-refractivity contribution in [2.75, 3.05) is 18.9 Å². The fourth-order valence-corrected chi connectivity index (χ4v) is 1.76. The highest BCUT2D eigenvalue weighted by atomic mass is 19.4. The van der Waals surface area contributed by atoms with E-state index in [9.17, 15) is 18.0 Å². The molecule has 0 aliphatic carbocycles. The third-order valence-corrected chi connectivity index (χ3v) is 2.83. The lowest BCUT2D eigenvalue weighted by atomic mass is 10.1. The topological polar surface area (TPSA) is 55.6 Å². The van der Waals surface area contributed by atoms with Crippen LogP contribution in [0.4, 0.5) is 18.9 Å². The number of halogens is 3. The first kappa shape index (κ1) is 17.3. The van der Waals surface area contributed by atoms with E-state index in [1.165, 1.54) is 4.90 Å². The van der Waals surface area contributed by atoms with E-state index in [1.54, 1.807) is 38.1 Å². The summed E-state index contributed by atoms with van der Waals surface area (Å²) in [5.41, 5.74) is 7.09. The van der Waals surface area contributed by atoms with Crippen LogP contribution in [-0.4, -0.2) is 36.2 Å². The SMILES string of the molecule is CC(C)N(Cc1ccccc1N)C(=O)COCC(F)(F)F. The fourth-order valence-electron chi connectivity index (χ4n) is 1.76. The van der Waals surface area contributed by atoms with E-state index in [4.69, 9.17) is 5.73 Å². The molecule has 0 unspecified atom stereocenters. The van der Waals surface area contributed by atoms with E-state index in [0.717, 1.165) is 5.56 Å². The summed E-state index contributed by atoms with van der Waals surface area (Å²) >= 11 is 0. The molecule has 0 atom stereocenters. The predicted molar refractivity (Wildman–Crippen MR) is 73.4 cm³/mol. The molecule has 7 heteroatoms. The van der Waals surface area contributed by atoms with Gasteiger partial charge in [-0.3, -0.25) is 4.79 Å². The van der Waals surface area contributed by atoms with Gasteiger partial charge in [-0.2, -0.15) is 13.2 Å². The van der Waals surface area contributed by atoms with E-state index in [0.29, 0.717) is 5.69 Å². The number of carbonyl (C=O) groups excluding carboxylic acids is 1. The second-order valence-corrected chi connectivity index (χ2v) is 4.92. The van der Waals surface area contributed by atoms with Gasteiger partial charge in [0.2, 0.25) is 5.91 Å². The molecule has 21 heavy (non-hydrogen) atoms. The van der Waals surface area contributed by atoms with Crippen LogP contribution in [0, 0.1) is 0 Å². The number of nitrogens with two attached hydrogens (primary N) is 1. The Labute approximate surface area is 121 Å². The Morgan fingerprint density at radius 3 is 2.48 bits per heavy atom. The highest BCUT2D eigenvalue weighted by Crippen LogP contribution is 2.17. The minimum absolute atomic E-state index is 0.174. The zero-order chi connectivity index (χ0) is 16.0. The number of nitrogen functional groups attached to an aromatic ring is 1. The number of carbonyl (C=O) groups is 1. The monoisotopic (exact) mass is 304 g/mol. The molecule has 0 aliphatic heterocycles. The largest absolute Gasteiger partial charge is 0.411 e. The van der Waals surface area contributed by atoms with Gasteiger partial charge in [-0.05, 0) is 25.5 Å². The first-order chi connectivity index (χ1) is 9.70. The highest BCUT2D eigenvalue weighted by Gasteiger charge is 2.28. The summed E-state index contributed by atoms with van der Waals surface area (Å²) in [5.74, 6) is -0.502. The number of para-hydroxylation sites is 1. The number of benzene rings is 1. The molecule has 0 radical (unpaired) electrons. The third-order valence-electron chi connectivity index (χ3n) is 2.83. The molecule has 2 N–H and O–H groups in total. The number of alkyl halides is 3. The van der Waals surface area contributed by atoms with Gasteiger partial charge in [-0.1, -0.05) is 18.2 Å². The van der Waals surface area contributed by atoms with Crippen LogP contribution >= 0.6 is 0 Å². The Balaban J connectivity index is 2.65. The van der Waals surface area contributed by atoms with Crippen LogP contribution in [-0.2, 0) is 16.1 Å². The van der Waals surface area contributed by atoms with Gasteiger partial charge in [0.05, 0.1) is 0 Å². The number of hydrogen-bond acceptors (Lipinski definition) is 3. The first-order valence-corrected chi connectivity index (χ1v) is 6.48. The minimum atomic E-state index is -4.44. The van der Waals surface area contributed by atoms with Crippen LogP contribution in [0.2, 0.25) is 0 Å². The van der Waals surface area contributed by atoms with Crippen molar-refractivity contribution in [2.24, 2.45) is 0 Å². The average Bonchev–Trinajstić information content (AvgIpc) is 2.35. The Hall–Kier alpha value is -1.76. The van der Waals surface area contributed by atoms with E-state index < -0.39 is 25.3 Å². The van der Waals surface area contributed by atoms with Crippen molar-refractivity contribution in [3.8, 4) is 0 Å². The summed E-state index contributed by atoms with van der Waals surface area (Å²) in [7, 11) is 0. The molecule has 0 spiro atoms. The zero-order valence-electron chi connectivity index (χ0n) is 12.0. The van der Waals surface area contributed by atoms with Crippen LogP contribution in [0.15, 0.2) is 24.3 Å². The average molecular weight is 304 g/mol. The van der Waals surface area contributed by atoms with Crippen LogP contribution in [0.25, 0.3) is 0 Å². The molecule has 1 amide bonds. The van der Waals surface area contributed by atoms with Crippen LogP contribution in [0.1, 0.15) is 19.4 Å². The Morgan fingerprint density at radius 2 is 1.95 bits per heavy atom. The maximum atomic E-state index is 12.0. The Kier molecular flexibility index (Phi) is 6.02. The van der Waals surface area contributed by atoms with Crippen LogP contribution in [0.3, 0.4) is 0 Å². The number of rotatable bonds is 6. The summed E-state index contributed by atoms with van der Waals surface area (Å²) in [5, 5.41) is 0. The highest BCUT2D eigenvalue weighted by molar-refractivity contribution is 5.78. The van der Waals surface area contributed by atoms with E-state index in [1.807, 2.05) is 0 Å². The van der Waals surface area contributed by atoms with E-state index >= 15 is 0 Å². The summed E-state index contributed by atoms with van der Waals surface area (Å²) in [6.45, 7) is 1.75. The van der Waals surface area contributed by atoms with Crippen molar-refractivity contribution in [2.45, 2.75) is 32.6 Å². The lowest BCUT2D eigenvalue weighted by Crippen LogP contribution is -2.39. The smallest absolute Gasteiger partial charge is 0.398 e. The molecule has 0 saturated carbocycles. The number of nitrogens with zero attached hydrogens (tertiary/aromatic N) is 1. The van der Waals surface area contributed by atoms with Gasteiger partial charge in [-0.25, -0.2) is 0 Å². The number of ether oxygens (including phenoxy) is 1. The normalized spacial score (nSPS) is 11.7. The summed E-state index contributed by atoms with van der Waals surface area (Å²) in [4.78, 5) is 13.4. The van der Waals surface area contributed by atoms with Gasteiger partial charge < -0.3 is 15.4 Å². The molecule has 4 nitrogen and oxygen atoms in total. The Bertz CT molecular complexity index is 476. The molecule has 0 aliphatic rings. The second-order valence-electron chi connectivity index (χ2n) is 4.92. The van der Waals surface area contributed by atoms with Gasteiger partial charge in [0.25, 0.3) is 0 Å². The molecule has 0 fully saturated rings. The standard InChI is InChI=1S/C14H19F3N2O2/c1-10(2)19(7-11-5-3-4-6-12(11)18)13(20)8-21-9-14(15,16)17/h3-6,10H,7-9,18H2,1-2H3. The molecule has 0 aromatic heterocycles. The minimum Gasteiger partial charge on any atom is -0.398 e. The molecule has 0 bridgehead atoms. The first-order valence-electron chi connectivity index (χ1n) is 6.48. The quantitative estimate of drug-likeness (QED) is 0.822. The zero-order valence-corrected chi connectivity index (χ0v) is 12.0. The molecule has 0 heterocycles. The Morgan fingerprint density at radius 1 is 1.33 bits per heavy atom. The molecular weight excluding hydrogens is 285 g/mol. The van der Waals surface area contributed by atoms with E-state index in [2.05, 4.69) is 4.74 Å². The molecule has 1 aromatic carbocycles. The van der Waals surface area contributed by atoms with Crippen molar-refractivity contribution in [1.82, 2.24) is 4.90 Å². The van der Waals surface area contributed by atoms with E-state index in [-0.39, 0.29) is 12.6 Å². The van der Waals surface area contributed by atoms with Gasteiger partial charge in [-0.15, -0.1) is 0 Å². The summed E-state index contributed by atoms with van der Waals surface area (Å²) < 4.78 is 40.4. The summed E-state index contributed by atoms with van der Waals surface area (Å²) in [6, 6.07) is 6.86. The van der Waals surface area contributed by atoms with Crippen molar-refractivity contribution in [3.63, 3.8) is 0 Å². The number of amides is 1. The van der Waals surface area contributed by atoms with Crippen molar-refractivity contribution in [3.05, 3.63) is 29.8 Å². The van der Waals surface area contributed by atoms with Gasteiger partial charge in [0.1, 0.15) is 13.2 Å². The fraction of sp³-hybridized carbons (Fsp3) is 0.500. The third kappa shape index (κ3) is 6.03. The number of anilines is 1. The van der Waals surface area contributed by atoms with Crippen molar-refractivity contribution in [1.29, 1.82) is 0 Å².